The predicted molar refractivity (Wildman–Crippen MR) is 124 cm³/mol. The van der Waals surface area contributed by atoms with Crippen LogP contribution in [0.1, 0.15) is 31.9 Å². The van der Waals surface area contributed by atoms with Crippen LogP contribution in [0.4, 0.5) is 0 Å². The van der Waals surface area contributed by atoms with Crippen LogP contribution >= 0.6 is 24.0 Å². The third-order valence-corrected chi connectivity index (χ3v) is 4.96. The first kappa shape index (κ1) is 24.8. The Balaban J connectivity index is 0.00000392. The van der Waals surface area contributed by atoms with Crippen LogP contribution in [0, 0.1) is 0 Å². The number of aliphatic imine (C=N–C) groups is 1. The Morgan fingerprint density at radius 1 is 1.21 bits per heavy atom. The van der Waals surface area contributed by atoms with Crippen molar-refractivity contribution in [3.05, 3.63) is 23.8 Å². The number of hydrogen-bond donors (Lipinski definition) is 2. The molecule has 0 saturated carbocycles. The van der Waals surface area contributed by atoms with Gasteiger partial charge in [-0.2, -0.15) is 0 Å². The molecule has 1 fully saturated rings. The summed E-state index contributed by atoms with van der Waals surface area (Å²) < 4.78 is 16.4. The third kappa shape index (κ3) is 6.97. The first-order chi connectivity index (χ1) is 13.1. The van der Waals surface area contributed by atoms with E-state index >= 15 is 0 Å². The molecule has 1 aliphatic heterocycles. The average molecular weight is 506 g/mol. The van der Waals surface area contributed by atoms with Crippen LogP contribution in [-0.2, 0) is 4.74 Å². The van der Waals surface area contributed by atoms with Gasteiger partial charge in [-0.05, 0) is 31.0 Å². The summed E-state index contributed by atoms with van der Waals surface area (Å²) in [6.45, 7) is 8.36. The Morgan fingerprint density at radius 2 is 1.89 bits per heavy atom. The molecule has 1 aliphatic rings. The second-order valence-corrected chi connectivity index (χ2v) is 6.69. The van der Waals surface area contributed by atoms with Gasteiger partial charge in [0.25, 0.3) is 0 Å². The van der Waals surface area contributed by atoms with Crippen LogP contribution in [0.5, 0.6) is 11.5 Å². The third-order valence-electron chi connectivity index (χ3n) is 4.96. The fourth-order valence-corrected chi connectivity index (χ4v) is 3.13. The van der Waals surface area contributed by atoms with Crippen LogP contribution in [-0.4, -0.2) is 71.0 Å². The van der Waals surface area contributed by atoms with E-state index in [0.29, 0.717) is 6.04 Å². The van der Waals surface area contributed by atoms with E-state index in [1.54, 1.807) is 21.3 Å². The van der Waals surface area contributed by atoms with Crippen molar-refractivity contribution in [3.63, 3.8) is 0 Å². The lowest BCUT2D eigenvalue weighted by Gasteiger charge is -2.35. The Labute approximate surface area is 186 Å². The van der Waals surface area contributed by atoms with E-state index < -0.39 is 0 Å². The van der Waals surface area contributed by atoms with Crippen LogP contribution in [0.25, 0.3) is 0 Å². The minimum atomic E-state index is 0. The summed E-state index contributed by atoms with van der Waals surface area (Å²) in [5.41, 5.74) is 1.18. The van der Waals surface area contributed by atoms with Crippen LogP contribution < -0.4 is 20.1 Å². The highest BCUT2D eigenvalue weighted by Crippen LogP contribution is 2.32. The molecule has 160 valence electrons. The Kier molecular flexibility index (Phi) is 11.6. The fourth-order valence-electron chi connectivity index (χ4n) is 3.13. The van der Waals surface area contributed by atoms with Gasteiger partial charge in [0.1, 0.15) is 0 Å². The summed E-state index contributed by atoms with van der Waals surface area (Å²) in [5, 5.41) is 6.90. The first-order valence-electron chi connectivity index (χ1n) is 9.63. The summed E-state index contributed by atoms with van der Waals surface area (Å²) in [5.74, 6) is 2.31. The average Bonchev–Trinajstić information content (AvgIpc) is 2.73. The summed E-state index contributed by atoms with van der Waals surface area (Å²) in [4.78, 5) is 6.79. The van der Waals surface area contributed by atoms with Gasteiger partial charge >= 0.3 is 0 Å². The molecule has 2 rings (SSSR count). The van der Waals surface area contributed by atoms with Crippen molar-refractivity contribution in [1.29, 1.82) is 0 Å². The van der Waals surface area contributed by atoms with Gasteiger partial charge in [-0.1, -0.05) is 13.0 Å². The largest absolute Gasteiger partial charge is 0.493 e. The molecule has 7 nitrogen and oxygen atoms in total. The molecule has 1 aromatic carbocycles. The van der Waals surface area contributed by atoms with E-state index in [2.05, 4.69) is 46.5 Å². The smallest absolute Gasteiger partial charge is 0.191 e. The molecule has 28 heavy (non-hydrogen) atoms. The molecule has 0 amide bonds. The molecule has 1 heterocycles. The number of rotatable bonds is 8. The molecule has 0 spiro atoms. The van der Waals surface area contributed by atoms with E-state index in [4.69, 9.17) is 14.2 Å². The zero-order chi connectivity index (χ0) is 19.6. The van der Waals surface area contributed by atoms with Gasteiger partial charge in [-0.3, -0.25) is 9.89 Å². The highest BCUT2D eigenvalue weighted by molar-refractivity contribution is 14.0. The van der Waals surface area contributed by atoms with Crippen molar-refractivity contribution in [2.24, 2.45) is 4.99 Å². The van der Waals surface area contributed by atoms with Gasteiger partial charge in [0.05, 0.1) is 33.5 Å². The molecule has 1 saturated heterocycles. The van der Waals surface area contributed by atoms with Gasteiger partial charge in [0.2, 0.25) is 0 Å². The molecular formula is C20H35IN4O3. The molecular weight excluding hydrogens is 471 g/mol. The zero-order valence-electron chi connectivity index (χ0n) is 17.7. The lowest BCUT2D eigenvalue weighted by Crippen LogP contribution is -2.47. The maximum Gasteiger partial charge on any atom is 0.191 e. The van der Waals surface area contributed by atoms with Gasteiger partial charge in [-0.25, -0.2) is 0 Å². The number of morpholine rings is 1. The molecule has 2 N–H and O–H groups in total. The maximum atomic E-state index is 5.54. The summed E-state index contributed by atoms with van der Waals surface area (Å²) in [6, 6.07) is 6.69. The molecule has 0 aromatic heterocycles. The fraction of sp³-hybridized carbons (Fsp3) is 0.650. The number of ether oxygens (including phenoxy) is 3. The number of halogens is 1. The van der Waals surface area contributed by atoms with E-state index in [1.165, 1.54) is 5.56 Å². The second-order valence-electron chi connectivity index (χ2n) is 6.69. The highest BCUT2D eigenvalue weighted by Gasteiger charge is 2.24. The van der Waals surface area contributed by atoms with Crippen molar-refractivity contribution in [2.75, 3.05) is 54.1 Å². The Morgan fingerprint density at radius 3 is 2.46 bits per heavy atom. The minimum Gasteiger partial charge on any atom is -0.493 e. The van der Waals surface area contributed by atoms with Gasteiger partial charge < -0.3 is 24.8 Å². The van der Waals surface area contributed by atoms with Crippen LogP contribution in [0.2, 0.25) is 0 Å². The molecule has 2 unspecified atom stereocenters. The summed E-state index contributed by atoms with van der Waals surface area (Å²) >= 11 is 0. The minimum absolute atomic E-state index is 0. The van der Waals surface area contributed by atoms with Gasteiger partial charge in [0, 0.05) is 32.7 Å². The van der Waals surface area contributed by atoms with E-state index in [0.717, 1.165) is 56.7 Å². The highest BCUT2D eigenvalue weighted by atomic mass is 127. The van der Waals surface area contributed by atoms with Crippen molar-refractivity contribution in [2.45, 2.75) is 32.4 Å². The topological polar surface area (TPSA) is 67.4 Å². The standard InChI is InChI=1S/C20H34N4O3.HI/c1-6-15(2)23-20(21-3)22-14-17(24-9-11-27-12-10-24)16-7-8-18(25-4)19(13-16)26-5;/h7-8,13,15,17H,6,9-12,14H2,1-5H3,(H2,21,22,23);1H. The Bertz CT molecular complexity index is 609. The normalized spacial score (nSPS) is 17.2. The first-order valence-corrected chi connectivity index (χ1v) is 9.63. The molecule has 1 aromatic rings. The van der Waals surface area contributed by atoms with E-state index in [-0.39, 0.29) is 30.0 Å². The quantitative estimate of drug-likeness (QED) is 0.321. The lowest BCUT2D eigenvalue weighted by molar-refractivity contribution is 0.0169. The van der Waals surface area contributed by atoms with Crippen molar-refractivity contribution in [3.8, 4) is 11.5 Å². The Hall–Kier alpha value is -1.26. The van der Waals surface area contributed by atoms with Crippen molar-refractivity contribution < 1.29 is 14.2 Å². The van der Waals surface area contributed by atoms with Gasteiger partial charge in [-0.15, -0.1) is 24.0 Å². The van der Waals surface area contributed by atoms with E-state index in [1.807, 2.05) is 6.07 Å². The van der Waals surface area contributed by atoms with Crippen LogP contribution in [0.3, 0.4) is 0 Å². The second kappa shape index (κ2) is 13.1. The van der Waals surface area contributed by atoms with E-state index in [9.17, 15) is 0 Å². The van der Waals surface area contributed by atoms with Crippen molar-refractivity contribution in [1.82, 2.24) is 15.5 Å². The lowest BCUT2D eigenvalue weighted by atomic mass is 10.0. The SMILES string of the molecule is CCC(C)NC(=NC)NCC(c1ccc(OC)c(OC)c1)N1CCOCC1.I. The molecule has 0 aliphatic carbocycles. The predicted octanol–water partition coefficient (Wildman–Crippen LogP) is 2.66. The maximum absolute atomic E-state index is 5.54. The number of hydrogen-bond acceptors (Lipinski definition) is 5. The number of benzene rings is 1. The summed E-state index contributed by atoms with van der Waals surface area (Å²) in [7, 11) is 5.13. The molecule has 0 radical (unpaired) electrons. The number of methoxy groups -OCH3 is 2. The van der Waals surface area contributed by atoms with Crippen LogP contribution in [0.15, 0.2) is 23.2 Å². The number of nitrogens with zero attached hydrogens (tertiary/aromatic N) is 2. The van der Waals surface area contributed by atoms with Gasteiger partial charge in [0.15, 0.2) is 17.5 Å². The van der Waals surface area contributed by atoms with Crippen molar-refractivity contribution >= 4 is 29.9 Å². The number of nitrogens with one attached hydrogen (secondary N) is 2. The molecule has 8 heteroatoms. The zero-order valence-corrected chi connectivity index (χ0v) is 20.0. The number of guanidine groups is 1. The summed E-state index contributed by atoms with van der Waals surface area (Å²) in [6.07, 6.45) is 1.04. The molecule has 0 bridgehead atoms. The molecule has 2 atom stereocenters. The monoisotopic (exact) mass is 506 g/mol.